The van der Waals surface area contributed by atoms with Gasteiger partial charge in [0.1, 0.15) is 5.15 Å². The molecule has 0 saturated heterocycles. The zero-order valence-corrected chi connectivity index (χ0v) is 7.82. The van der Waals surface area contributed by atoms with Gasteiger partial charge in [-0.1, -0.05) is 23.2 Å². The second kappa shape index (κ2) is 3.28. The minimum atomic E-state index is 0.417. The number of pyridine rings is 1. The van der Waals surface area contributed by atoms with E-state index >= 15 is 0 Å². The zero-order valence-electron chi connectivity index (χ0n) is 6.31. The molecule has 1 rings (SSSR count). The monoisotopic (exact) mass is 190 g/mol. The SMILES string of the molecule is CN(C)c1ccc(Cl)nc1Cl. The molecule has 0 aliphatic rings. The van der Waals surface area contributed by atoms with Crippen LogP contribution < -0.4 is 4.90 Å². The second-order valence-electron chi connectivity index (χ2n) is 2.34. The topological polar surface area (TPSA) is 16.1 Å². The highest BCUT2D eigenvalue weighted by molar-refractivity contribution is 6.34. The molecule has 0 fully saturated rings. The van der Waals surface area contributed by atoms with E-state index in [-0.39, 0.29) is 0 Å². The number of halogens is 2. The molecular formula is C7H8Cl2N2. The third-order valence-electron chi connectivity index (χ3n) is 1.28. The molecule has 11 heavy (non-hydrogen) atoms. The number of aromatic nitrogens is 1. The summed E-state index contributed by atoms with van der Waals surface area (Å²) in [4.78, 5) is 5.76. The van der Waals surface area contributed by atoms with E-state index in [9.17, 15) is 0 Å². The van der Waals surface area contributed by atoms with Crippen LogP contribution in [0.5, 0.6) is 0 Å². The Bertz CT molecular complexity index is 261. The summed E-state index contributed by atoms with van der Waals surface area (Å²) in [5.74, 6) is 0. The number of nitrogens with zero attached hydrogens (tertiary/aromatic N) is 2. The Hall–Kier alpha value is -0.470. The summed E-state index contributed by atoms with van der Waals surface area (Å²) in [6, 6.07) is 3.54. The van der Waals surface area contributed by atoms with Gasteiger partial charge in [-0.25, -0.2) is 4.98 Å². The standard InChI is InChI=1S/C7H8Cl2N2/c1-11(2)5-3-4-6(8)10-7(5)9/h3-4H,1-2H3. The van der Waals surface area contributed by atoms with Crippen molar-refractivity contribution in [3.05, 3.63) is 22.4 Å². The van der Waals surface area contributed by atoms with Crippen molar-refractivity contribution in [1.82, 2.24) is 4.98 Å². The van der Waals surface area contributed by atoms with Gasteiger partial charge in [-0.15, -0.1) is 0 Å². The van der Waals surface area contributed by atoms with Crippen molar-refractivity contribution in [2.75, 3.05) is 19.0 Å². The molecule has 2 nitrogen and oxygen atoms in total. The Kier molecular flexibility index (Phi) is 2.58. The molecule has 0 saturated carbocycles. The van der Waals surface area contributed by atoms with Gasteiger partial charge in [-0.05, 0) is 12.1 Å². The van der Waals surface area contributed by atoms with Crippen molar-refractivity contribution < 1.29 is 0 Å². The molecule has 1 aromatic rings. The Balaban J connectivity index is 3.09. The summed E-state index contributed by atoms with van der Waals surface area (Å²) in [6.45, 7) is 0. The van der Waals surface area contributed by atoms with Gasteiger partial charge in [-0.3, -0.25) is 0 Å². The van der Waals surface area contributed by atoms with Crippen LogP contribution in [0.2, 0.25) is 10.3 Å². The molecule has 0 atom stereocenters. The van der Waals surface area contributed by atoms with Crippen LogP contribution in [-0.2, 0) is 0 Å². The van der Waals surface area contributed by atoms with Gasteiger partial charge in [0.2, 0.25) is 0 Å². The molecular weight excluding hydrogens is 183 g/mol. The third-order valence-corrected chi connectivity index (χ3v) is 1.77. The van der Waals surface area contributed by atoms with Crippen LogP contribution in [-0.4, -0.2) is 19.1 Å². The van der Waals surface area contributed by atoms with Gasteiger partial charge in [-0.2, -0.15) is 0 Å². The maximum Gasteiger partial charge on any atom is 0.154 e. The Morgan fingerprint density at radius 1 is 1.27 bits per heavy atom. The number of anilines is 1. The first kappa shape index (κ1) is 8.62. The largest absolute Gasteiger partial charge is 0.375 e. The Morgan fingerprint density at radius 2 is 1.91 bits per heavy atom. The number of rotatable bonds is 1. The summed E-state index contributed by atoms with van der Waals surface area (Å²) in [5, 5.41) is 0.850. The molecule has 0 bridgehead atoms. The summed E-state index contributed by atoms with van der Waals surface area (Å²) < 4.78 is 0. The lowest BCUT2D eigenvalue weighted by Gasteiger charge is -2.12. The predicted molar refractivity (Wildman–Crippen MR) is 48.6 cm³/mol. The van der Waals surface area contributed by atoms with Crippen LogP contribution in [0.3, 0.4) is 0 Å². The lowest BCUT2D eigenvalue weighted by Crippen LogP contribution is -2.09. The minimum Gasteiger partial charge on any atom is -0.375 e. The van der Waals surface area contributed by atoms with Crippen LogP contribution in [0, 0.1) is 0 Å². The van der Waals surface area contributed by atoms with E-state index in [4.69, 9.17) is 23.2 Å². The fourth-order valence-electron chi connectivity index (χ4n) is 0.738. The predicted octanol–water partition coefficient (Wildman–Crippen LogP) is 2.45. The highest BCUT2D eigenvalue weighted by Gasteiger charge is 2.02. The average Bonchev–Trinajstić information content (AvgIpc) is 1.85. The first-order valence-corrected chi connectivity index (χ1v) is 3.86. The van der Waals surface area contributed by atoms with E-state index in [1.54, 1.807) is 6.07 Å². The maximum atomic E-state index is 5.79. The van der Waals surface area contributed by atoms with E-state index < -0.39 is 0 Å². The van der Waals surface area contributed by atoms with Crippen molar-refractivity contribution in [2.24, 2.45) is 0 Å². The molecule has 0 aliphatic heterocycles. The van der Waals surface area contributed by atoms with E-state index in [2.05, 4.69) is 4.98 Å². The van der Waals surface area contributed by atoms with Gasteiger partial charge in [0, 0.05) is 14.1 Å². The molecule has 1 heterocycles. The summed E-state index contributed by atoms with van der Waals surface area (Å²) in [5.41, 5.74) is 0.871. The van der Waals surface area contributed by atoms with Crippen LogP contribution in [0.4, 0.5) is 5.69 Å². The van der Waals surface area contributed by atoms with E-state index in [0.29, 0.717) is 10.3 Å². The van der Waals surface area contributed by atoms with Crippen LogP contribution >= 0.6 is 23.2 Å². The fraction of sp³-hybridized carbons (Fsp3) is 0.286. The van der Waals surface area contributed by atoms with Crippen molar-refractivity contribution in [2.45, 2.75) is 0 Å². The summed E-state index contributed by atoms with van der Waals surface area (Å²) in [7, 11) is 3.80. The quantitative estimate of drug-likeness (QED) is 0.633. The van der Waals surface area contributed by atoms with Crippen molar-refractivity contribution in [1.29, 1.82) is 0 Å². The van der Waals surface area contributed by atoms with E-state index in [1.165, 1.54) is 0 Å². The summed E-state index contributed by atoms with van der Waals surface area (Å²) >= 11 is 11.4. The normalized spacial score (nSPS) is 9.82. The zero-order chi connectivity index (χ0) is 8.43. The molecule has 60 valence electrons. The lowest BCUT2D eigenvalue weighted by molar-refractivity contribution is 1.11. The second-order valence-corrected chi connectivity index (χ2v) is 3.08. The van der Waals surface area contributed by atoms with Crippen molar-refractivity contribution >= 4 is 28.9 Å². The van der Waals surface area contributed by atoms with Crippen LogP contribution in [0.1, 0.15) is 0 Å². The fourth-order valence-corrected chi connectivity index (χ4v) is 1.25. The van der Waals surface area contributed by atoms with Crippen molar-refractivity contribution in [3.63, 3.8) is 0 Å². The lowest BCUT2D eigenvalue weighted by atomic mass is 10.4. The van der Waals surface area contributed by atoms with Crippen molar-refractivity contribution in [3.8, 4) is 0 Å². The molecule has 1 aromatic heterocycles. The average molecular weight is 191 g/mol. The first-order chi connectivity index (χ1) is 5.11. The maximum absolute atomic E-state index is 5.79. The van der Waals surface area contributed by atoms with Gasteiger partial charge >= 0.3 is 0 Å². The highest BCUT2D eigenvalue weighted by atomic mass is 35.5. The molecule has 0 spiro atoms. The molecule has 0 aromatic carbocycles. The number of hydrogen-bond acceptors (Lipinski definition) is 2. The van der Waals surface area contributed by atoms with E-state index in [0.717, 1.165) is 5.69 Å². The third kappa shape index (κ3) is 1.98. The molecule has 0 amide bonds. The van der Waals surface area contributed by atoms with Gasteiger partial charge in [0.05, 0.1) is 5.69 Å². The number of hydrogen-bond donors (Lipinski definition) is 0. The highest BCUT2D eigenvalue weighted by Crippen LogP contribution is 2.23. The van der Waals surface area contributed by atoms with Crippen LogP contribution in [0.25, 0.3) is 0 Å². The first-order valence-electron chi connectivity index (χ1n) is 3.10. The molecule has 4 heteroatoms. The minimum absolute atomic E-state index is 0.417. The van der Waals surface area contributed by atoms with Gasteiger partial charge in [0.25, 0.3) is 0 Å². The summed E-state index contributed by atoms with van der Waals surface area (Å²) in [6.07, 6.45) is 0. The van der Waals surface area contributed by atoms with Gasteiger partial charge in [0.15, 0.2) is 5.15 Å². The molecule has 0 N–H and O–H groups in total. The molecule has 0 unspecified atom stereocenters. The Morgan fingerprint density at radius 3 is 2.36 bits per heavy atom. The molecule has 0 aliphatic carbocycles. The van der Waals surface area contributed by atoms with Crippen LogP contribution in [0.15, 0.2) is 12.1 Å². The Labute approximate surface area is 75.7 Å². The van der Waals surface area contributed by atoms with E-state index in [1.807, 2.05) is 25.1 Å². The van der Waals surface area contributed by atoms with Gasteiger partial charge < -0.3 is 4.90 Å². The molecule has 0 radical (unpaired) electrons. The smallest absolute Gasteiger partial charge is 0.154 e.